The number of hydrogen-bond acceptors (Lipinski definition) is 2. The van der Waals surface area contributed by atoms with E-state index in [0.717, 1.165) is 54.2 Å². The summed E-state index contributed by atoms with van der Waals surface area (Å²) in [5.74, 6) is 0. The first-order chi connectivity index (χ1) is 31.1. The lowest BCUT2D eigenvalue weighted by molar-refractivity contribution is 0.672. The van der Waals surface area contributed by atoms with Gasteiger partial charge in [0.2, 0.25) is 0 Å². The molecule has 11 aromatic rings. The highest BCUT2D eigenvalue weighted by atomic mass is 16.3. The van der Waals surface area contributed by atoms with Crippen LogP contribution in [0.15, 0.2) is 217 Å². The molecule has 0 unspecified atom stereocenters. The van der Waals surface area contributed by atoms with Gasteiger partial charge in [-0.2, -0.15) is 0 Å². The molecule has 0 fully saturated rings. The average molecular weight is 722 g/mol. The van der Waals surface area contributed by atoms with Crippen LogP contribution >= 0.6 is 0 Å². The summed E-state index contributed by atoms with van der Waals surface area (Å²) in [5, 5.41) is 6.90. The standard InChI is InChI=1S/C54H35NO/c1-3-16-42-36(12-1)14-9-20-44(42)38-26-30-40(31-27-38)55(41-32-28-39(29-33-41)45-21-10-15-37-13-2-4-17-43(37)45)52-24-7-5-18-48(52)46-22-11-23-50-47(46)34-35-51-49-19-6-8-25-53(49)56-54(50)51/h1-35H/i26D,27D,28D,29D,30D,31D,32D,33D. The number of nitrogens with zero attached hydrogens (tertiary/aromatic N) is 1. The first-order valence-corrected chi connectivity index (χ1v) is 18.5. The lowest BCUT2D eigenvalue weighted by atomic mass is 9.94. The maximum absolute atomic E-state index is 9.76. The SMILES string of the molecule is [2H]c1c([2H])c(N(c2ccccc2-c2cccc3c2ccc2c4ccccc4oc32)c2c([2H])c([2H])c(-c3cccc4ccccc34)c([2H])c2[2H])c([2H])c([2H])c1-c1cccc2ccccc12. The topological polar surface area (TPSA) is 16.4 Å². The fourth-order valence-corrected chi connectivity index (χ4v) is 8.02. The van der Waals surface area contributed by atoms with Gasteiger partial charge in [0.25, 0.3) is 0 Å². The van der Waals surface area contributed by atoms with Crippen LogP contribution in [0.2, 0.25) is 0 Å². The van der Waals surface area contributed by atoms with Crippen LogP contribution in [0.5, 0.6) is 0 Å². The molecule has 0 aliphatic rings. The molecular formula is C54H35NO. The van der Waals surface area contributed by atoms with Crippen molar-refractivity contribution in [1.82, 2.24) is 0 Å². The van der Waals surface area contributed by atoms with Gasteiger partial charge in [-0.3, -0.25) is 0 Å². The molecule has 0 N–H and O–H groups in total. The van der Waals surface area contributed by atoms with E-state index >= 15 is 0 Å². The molecule has 1 aromatic heterocycles. The molecule has 10 aromatic carbocycles. The highest BCUT2D eigenvalue weighted by Gasteiger charge is 2.20. The molecule has 0 atom stereocenters. The number of rotatable bonds is 6. The molecule has 0 spiro atoms. The van der Waals surface area contributed by atoms with E-state index in [9.17, 15) is 11.0 Å². The van der Waals surface area contributed by atoms with Crippen molar-refractivity contribution < 1.29 is 15.4 Å². The summed E-state index contributed by atoms with van der Waals surface area (Å²) in [4.78, 5) is 1.40. The molecule has 0 aliphatic heterocycles. The highest BCUT2D eigenvalue weighted by Crippen LogP contribution is 2.45. The fraction of sp³-hybridized carbons (Fsp3) is 0. The smallest absolute Gasteiger partial charge is 0.143 e. The second-order valence-electron chi connectivity index (χ2n) is 13.8. The Morgan fingerprint density at radius 1 is 0.339 bits per heavy atom. The van der Waals surface area contributed by atoms with Crippen molar-refractivity contribution in [2.75, 3.05) is 4.90 Å². The Morgan fingerprint density at radius 3 is 1.45 bits per heavy atom. The van der Waals surface area contributed by atoms with Crippen LogP contribution in [0.3, 0.4) is 0 Å². The normalized spacial score (nSPS) is 13.6. The zero-order valence-corrected chi connectivity index (χ0v) is 29.9. The van der Waals surface area contributed by atoms with Gasteiger partial charge in [0.1, 0.15) is 11.2 Å². The summed E-state index contributed by atoms with van der Waals surface area (Å²) in [6, 6.07) is 48.4. The summed E-state index contributed by atoms with van der Waals surface area (Å²) in [7, 11) is 0. The minimum absolute atomic E-state index is 0.110. The van der Waals surface area contributed by atoms with Crippen LogP contribution in [0, 0.1) is 0 Å². The van der Waals surface area contributed by atoms with Gasteiger partial charge in [0.05, 0.1) is 16.7 Å². The van der Waals surface area contributed by atoms with Gasteiger partial charge in [0.15, 0.2) is 0 Å². The molecule has 11 rings (SSSR count). The molecule has 1 heterocycles. The van der Waals surface area contributed by atoms with Gasteiger partial charge in [-0.15, -0.1) is 0 Å². The van der Waals surface area contributed by atoms with Crippen molar-refractivity contribution in [3.63, 3.8) is 0 Å². The predicted molar refractivity (Wildman–Crippen MR) is 237 cm³/mol. The van der Waals surface area contributed by atoms with Crippen LogP contribution < -0.4 is 4.90 Å². The fourth-order valence-electron chi connectivity index (χ4n) is 8.02. The van der Waals surface area contributed by atoms with E-state index in [2.05, 4.69) is 0 Å². The Balaban J connectivity index is 1.22. The number of anilines is 3. The van der Waals surface area contributed by atoms with Gasteiger partial charge in [-0.25, -0.2) is 0 Å². The van der Waals surface area contributed by atoms with E-state index in [1.54, 1.807) is 24.3 Å². The van der Waals surface area contributed by atoms with Crippen LogP contribution in [0.25, 0.3) is 87.6 Å². The molecule has 262 valence electrons. The first-order valence-electron chi connectivity index (χ1n) is 22.5. The summed E-state index contributed by atoms with van der Waals surface area (Å²) >= 11 is 0. The number of para-hydroxylation sites is 2. The third-order valence-corrected chi connectivity index (χ3v) is 10.6. The van der Waals surface area contributed by atoms with Gasteiger partial charge in [-0.05, 0) is 97.1 Å². The highest BCUT2D eigenvalue weighted by molar-refractivity contribution is 6.18. The Bertz CT molecular complexity index is 3530. The molecule has 56 heavy (non-hydrogen) atoms. The first kappa shape index (κ1) is 24.8. The zero-order chi connectivity index (χ0) is 44.0. The van der Waals surface area contributed by atoms with E-state index in [-0.39, 0.29) is 46.7 Å². The Labute approximate surface area is 336 Å². The summed E-state index contributed by atoms with van der Waals surface area (Å²) in [6.07, 6.45) is 0. The molecule has 2 heteroatoms. The summed E-state index contributed by atoms with van der Waals surface area (Å²) in [5.41, 5.74) is 3.98. The number of hydrogen-bond donors (Lipinski definition) is 0. The second-order valence-corrected chi connectivity index (χ2v) is 13.8. The molecular weight excluding hydrogens is 679 g/mol. The van der Waals surface area contributed by atoms with Gasteiger partial charge in [0, 0.05) is 33.1 Å². The van der Waals surface area contributed by atoms with Gasteiger partial charge >= 0.3 is 0 Å². The third kappa shape index (κ3) is 5.26. The summed E-state index contributed by atoms with van der Waals surface area (Å²) in [6.45, 7) is 0. The lowest BCUT2D eigenvalue weighted by Crippen LogP contribution is -2.11. The average Bonchev–Trinajstić information content (AvgIpc) is 3.72. The lowest BCUT2D eigenvalue weighted by Gasteiger charge is -2.28. The minimum atomic E-state index is -0.407. The molecule has 0 aliphatic carbocycles. The monoisotopic (exact) mass is 721 g/mol. The number of fused-ring (bicyclic) bond motifs is 7. The van der Waals surface area contributed by atoms with Crippen molar-refractivity contribution in [2.24, 2.45) is 0 Å². The van der Waals surface area contributed by atoms with E-state index in [1.807, 2.05) is 140 Å². The van der Waals surface area contributed by atoms with Crippen molar-refractivity contribution in [1.29, 1.82) is 0 Å². The molecule has 0 saturated heterocycles. The summed E-state index contributed by atoms with van der Waals surface area (Å²) < 4.78 is 83.8. The maximum Gasteiger partial charge on any atom is 0.143 e. The van der Waals surface area contributed by atoms with Crippen LogP contribution in [0.1, 0.15) is 11.0 Å². The van der Waals surface area contributed by atoms with E-state index in [4.69, 9.17) is 4.42 Å². The van der Waals surface area contributed by atoms with Crippen LogP contribution in [0.4, 0.5) is 17.1 Å². The van der Waals surface area contributed by atoms with Gasteiger partial charge < -0.3 is 9.32 Å². The molecule has 0 bridgehead atoms. The minimum Gasteiger partial charge on any atom is -0.455 e. The van der Waals surface area contributed by atoms with E-state index in [0.29, 0.717) is 28.0 Å². The molecule has 2 nitrogen and oxygen atoms in total. The number of furan rings is 1. The second kappa shape index (κ2) is 13.2. The predicted octanol–water partition coefficient (Wildman–Crippen LogP) is 15.5. The Hall–Kier alpha value is -7.42. The van der Waals surface area contributed by atoms with Crippen molar-refractivity contribution in [3.05, 3.63) is 212 Å². The molecule has 0 amide bonds. The quantitative estimate of drug-likeness (QED) is 0.170. The van der Waals surface area contributed by atoms with Crippen molar-refractivity contribution in [2.45, 2.75) is 0 Å². The van der Waals surface area contributed by atoms with E-state index < -0.39 is 24.2 Å². The Morgan fingerprint density at radius 2 is 0.786 bits per heavy atom. The zero-order valence-electron chi connectivity index (χ0n) is 37.9. The van der Waals surface area contributed by atoms with E-state index in [1.165, 1.54) is 4.90 Å². The van der Waals surface area contributed by atoms with Crippen LogP contribution in [-0.2, 0) is 0 Å². The van der Waals surface area contributed by atoms with Crippen molar-refractivity contribution in [3.8, 4) is 33.4 Å². The largest absolute Gasteiger partial charge is 0.455 e. The van der Waals surface area contributed by atoms with Crippen molar-refractivity contribution >= 4 is 71.3 Å². The Kier molecular flexibility index (Phi) is 5.83. The molecule has 0 radical (unpaired) electrons. The molecule has 0 saturated carbocycles. The number of benzene rings is 10. The maximum atomic E-state index is 9.76. The third-order valence-electron chi connectivity index (χ3n) is 10.6. The van der Waals surface area contributed by atoms with Gasteiger partial charge in [-0.1, -0.05) is 170 Å². The van der Waals surface area contributed by atoms with Crippen LogP contribution in [-0.4, -0.2) is 0 Å².